The average Bonchev–Trinajstić information content (AvgIpc) is 3.42. The number of rotatable bonds is 2. The zero-order chi connectivity index (χ0) is 26.5. The minimum atomic E-state index is -1.27. The highest BCUT2D eigenvalue weighted by atomic mass is 16.5. The first kappa shape index (κ1) is 25.8. The minimum absolute atomic E-state index is 0.0729. The number of carbonyl (C=O) groups is 1. The Bertz CT molecular complexity index is 984. The van der Waals surface area contributed by atoms with E-state index in [1.165, 1.54) is 12.8 Å². The maximum Gasteiger partial charge on any atom is 0.168 e. The highest BCUT2D eigenvalue weighted by Crippen LogP contribution is 2.92. The molecule has 2 spiro atoms. The highest BCUT2D eigenvalue weighted by molar-refractivity contribution is 5.94. The van der Waals surface area contributed by atoms with Crippen molar-refractivity contribution in [3.05, 3.63) is 0 Å². The molecule has 1 heterocycles. The van der Waals surface area contributed by atoms with Crippen molar-refractivity contribution in [1.29, 1.82) is 0 Å². The van der Waals surface area contributed by atoms with Gasteiger partial charge < -0.3 is 20.1 Å². The zero-order valence-electron chi connectivity index (χ0n) is 23.9. The molecule has 36 heavy (non-hydrogen) atoms. The number of aliphatic hydroxyl groups is 3. The lowest BCUT2D eigenvalue weighted by Crippen LogP contribution is -2.64. The highest BCUT2D eigenvalue weighted by Gasteiger charge is 2.88. The Kier molecular flexibility index (Phi) is 5.00. The summed E-state index contributed by atoms with van der Waals surface area (Å²) in [6.45, 7) is 17.2. The summed E-state index contributed by atoms with van der Waals surface area (Å²) in [7, 11) is 0. The van der Waals surface area contributed by atoms with Gasteiger partial charge in [0, 0.05) is 11.3 Å². The molecule has 0 aromatic heterocycles. The molecular formula is C31H50O5. The van der Waals surface area contributed by atoms with Crippen LogP contribution in [-0.2, 0) is 9.53 Å². The molecule has 0 bridgehead atoms. The van der Waals surface area contributed by atoms with Crippen LogP contribution >= 0.6 is 0 Å². The van der Waals surface area contributed by atoms with Gasteiger partial charge in [-0.25, -0.2) is 0 Å². The summed E-state index contributed by atoms with van der Waals surface area (Å²) in [5.41, 5.74) is -1.63. The quantitative estimate of drug-likeness (QED) is 0.500. The number of ketones is 1. The lowest BCUT2D eigenvalue weighted by Gasteiger charge is -2.67. The Morgan fingerprint density at radius 3 is 2.33 bits per heavy atom. The summed E-state index contributed by atoms with van der Waals surface area (Å²) in [6.07, 6.45) is 5.94. The van der Waals surface area contributed by atoms with Crippen molar-refractivity contribution in [2.45, 2.75) is 137 Å². The lowest BCUT2D eigenvalue weighted by atomic mass is 9.36. The molecule has 5 nitrogen and oxygen atoms in total. The molecule has 204 valence electrons. The second-order valence-corrected chi connectivity index (χ2v) is 16.1. The van der Waals surface area contributed by atoms with E-state index in [2.05, 4.69) is 41.5 Å². The average molecular weight is 503 g/mol. The van der Waals surface area contributed by atoms with Crippen LogP contribution in [0.5, 0.6) is 0 Å². The third-order valence-electron chi connectivity index (χ3n) is 14.5. The van der Waals surface area contributed by atoms with Gasteiger partial charge in [-0.3, -0.25) is 4.79 Å². The molecule has 12 unspecified atom stereocenters. The van der Waals surface area contributed by atoms with Crippen LogP contribution in [0.3, 0.4) is 0 Å². The molecule has 5 saturated carbocycles. The smallest absolute Gasteiger partial charge is 0.168 e. The maximum atomic E-state index is 14.7. The third-order valence-corrected chi connectivity index (χ3v) is 14.5. The van der Waals surface area contributed by atoms with Gasteiger partial charge in [0.1, 0.15) is 12.2 Å². The van der Waals surface area contributed by atoms with Crippen molar-refractivity contribution in [3.8, 4) is 0 Å². The van der Waals surface area contributed by atoms with Crippen LogP contribution < -0.4 is 0 Å². The van der Waals surface area contributed by atoms with Crippen molar-refractivity contribution >= 4 is 5.78 Å². The van der Waals surface area contributed by atoms with Crippen LogP contribution in [0.2, 0.25) is 0 Å². The molecule has 0 amide bonds. The SMILES string of the molecule is CC1CC(C(O)C(C)(C)O)OC2C(=O)C3(C)C(C)(CCC45CC46CCC(O)C(C)(C)C6CCC53C)C12. The summed E-state index contributed by atoms with van der Waals surface area (Å²) in [5, 5.41) is 32.3. The zero-order valence-corrected chi connectivity index (χ0v) is 23.9. The first-order valence-electron chi connectivity index (χ1n) is 14.7. The first-order valence-corrected chi connectivity index (χ1v) is 14.7. The van der Waals surface area contributed by atoms with Gasteiger partial charge in [-0.15, -0.1) is 0 Å². The molecule has 1 saturated heterocycles. The predicted molar refractivity (Wildman–Crippen MR) is 138 cm³/mol. The molecule has 12 atom stereocenters. The molecule has 6 rings (SSSR count). The van der Waals surface area contributed by atoms with Gasteiger partial charge >= 0.3 is 0 Å². The molecule has 5 aliphatic carbocycles. The van der Waals surface area contributed by atoms with Crippen molar-refractivity contribution in [2.24, 2.45) is 50.2 Å². The van der Waals surface area contributed by atoms with Gasteiger partial charge in [-0.1, -0.05) is 41.5 Å². The van der Waals surface area contributed by atoms with Crippen LogP contribution in [0, 0.1) is 50.2 Å². The molecule has 5 heteroatoms. The molecule has 0 aromatic carbocycles. The standard InChI is InChI=1S/C31H50O5/c1-17-15-18(23(33)26(4,5)35)36-22-21(17)27(6)13-14-31-16-30(31)12-10-20(32)25(2,3)19(30)9-11-28(31,7)29(27,8)24(22)34/h17-23,32-33,35H,9-16H2,1-8H3. The molecule has 3 N–H and O–H groups in total. The topological polar surface area (TPSA) is 87.0 Å². The van der Waals surface area contributed by atoms with Crippen molar-refractivity contribution < 1.29 is 24.9 Å². The Morgan fingerprint density at radius 1 is 1.03 bits per heavy atom. The number of ether oxygens (including phenoxy) is 1. The fourth-order valence-electron chi connectivity index (χ4n) is 12.2. The van der Waals surface area contributed by atoms with Crippen LogP contribution in [-0.4, -0.2) is 51.1 Å². The van der Waals surface area contributed by atoms with E-state index in [1.807, 2.05) is 0 Å². The van der Waals surface area contributed by atoms with Gasteiger partial charge in [0.05, 0.1) is 17.8 Å². The van der Waals surface area contributed by atoms with E-state index in [1.54, 1.807) is 13.8 Å². The third kappa shape index (κ3) is 2.52. The van der Waals surface area contributed by atoms with E-state index < -0.39 is 29.3 Å². The van der Waals surface area contributed by atoms with E-state index >= 15 is 0 Å². The number of hydrogen-bond donors (Lipinski definition) is 3. The summed E-state index contributed by atoms with van der Waals surface area (Å²) in [6, 6.07) is 0. The van der Waals surface area contributed by atoms with Crippen molar-refractivity contribution in [1.82, 2.24) is 0 Å². The van der Waals surface area contributed by atoms with Crippen LogP contribution in [0.4, 0.5) is 0 Å². The van der Waals surface area contributed by atoms with Crippen molar-refractivity contribution in [2.75, 3.05) is 0 Å². The minimum Gasteiger partial charge on any atom is -0.393 e. The molecule has 6 aliphatic rings. The lowest BCUT2D eigenvalue weighted by molar-refractivity contribution is -0.213. The Labute approximate surface area is 217 Å². The summed E-state index contributed by atoms with van der Waals surface area (Å²) < 4.78 is 6.53. The predicted octanol–water partition coefficient (Wildman–Crippen LogP) is 4.89. The Hall–Kier alpha value is -0.490. The fraction of sp³-hybridized carbons (Fsp3) is 0.968. The molecule has 0 aromatic rings. The normalized spacial score (nSPS) is 58.1. The number of aliphatic hydroxyl groups excluding tert-OH is 2. The van der Waals surface area contributed by atoms with Gasteiger partial charge in [0.25, 0.3) is 0 Å². The van der Waals surface area contributed by atoms with E-state index in [4.69, 9.17) is 4.74 Å². The summed E-state index contributed by atoms with van der Waals surface area (Å²) >= 11 is 0. The monoisotopic (exact) mass is 502 g/mol. The van der Waals surface area contributed by atoms with Gasteiger partial charge in [0.2, 0.25) is 0 Å². The largest absolute Gasteiger partial charge is 0.393 e. The van der Waals surface area contributed by atoms with Crippen LogP contribution in [0.1, 0.15) is 107 Å². The van der Waals surface area contributed by atoms with Crippen LogP contribution in [0.25, 0.3) is 0 Å². The van der Waals surface area contributed by atoms with Crippen LogP contribution in [0.15, 0.2) is 0 Å². The van der Waals surface area contributed by atoms with E-state index in [9.17, 15) is 20.1 Å². The molecular weight excluding hydrogens is 452 g/mol. The number of hydrogen-bond acceptors (Lipinski definition) is 5. The first-order chi connectivity index (χ1) is 16.4. The maximum absolute atomic E-state index is 14.7. The number of Topliss-reactive ketones (excluding diaryl/α,β-unsaturated/α-hetero) is 1. The summed E-state index contributed by atoms with van der Waals surface area (Å²) in [4.78, 5) is 14.7. The van der Waals surface area contributed by atoms with E-state index in [-0.39, 0.29) is 50.8 Å². The second kappa shape index (κ2) is 6.98. The van der Waals surface area contributed by atoms with E-state index in [0.717, 1.165) is 32.1 Å². The molecule has 6 fully saturated rings. The Balaban J connectivity index is 1.41. The summed E-state index contributed by atoms with van der Waals surface area (Å²) in [5.74, 6) is 1.17. The fourth-order valence-corrected chi connectivity index (χ4v) is 12.2. The number of carbonyl (C=O) groups excluding carboxylic acids is 1. The molecule has 0 radical (unpaired) electrons. The Morgan fingerprint density at radius 2 is 1.69 bits per heavy atom. The second-order valence-electron chi connectivity index (χ2n) is 16.1. The van der Waals surface area contributed by atoms with Crippen molar-refractivity contribution in [3.63, 3.8) is 0 Å². The van der Waals surface area contributed by atoms with E-state index in [0.29, 0.717) is 12.3 Å². The van der Waals surface area contributed by atoms with Gasteiger partial charge in [0.15, 0.2) is 5.78 Å². The van der Waals surface area contributed by atoms with Gasteiger partial charge in [-0.2, -0.15) is 0 Å². The molecule has 1 aliphatic heterocycles. The number of fused-ring (bicyclic) bond motifs is 4. The van der Waals surface area contributed by atoms with Gasteiger partial charge in [-0.05, 0) is 104 Å².